The lowest BCUT2D eigenvalue weighted by Crippen LogP contribution is -2.13. The van der Waals surface area contributed by atoms with Gasteiger partial charge in [-0.15, -0.1) is 0 Å². The van der Waals surface area contributed by atoms with Crippen LogP contribution >= 0.6 is 0 Å². The molecule has 4 nitrogen and oxygen atoms in total. The molecule has 1 heterocycles. The number of hydrogen-bond donors (Lipinski definition) is 1. The zero-order valence-electron chi connectivity index (χ0n) is 11.4. The normalized spacial score (nSPS) is 10.7. The molecule has 0 saturated carbocycles. The molecule has 1 N–H and O–H groups in total. The van der Waals surface area contributed by atoms with Crippen molar-refractivity contribution >= 4 is 11.6 Å². The van der Waals surface area contributed by atoms with Gasteiger partial charge < -0.3 is 9.73 Å². The Hall–Kier alpha value is -2.10. The van der Waals surface area contributed by atoms with Gasteiger partial charge in [0.15, 0.2) is 6.39 Å². The Morgan fingerprint density at radius 3 is 2.58 bits per heavy atom. The second-order valence-corrected chi connectivity index (χ2v) is 4.73. The summed E-state index contributed by atoms with van der Waals surface area (Å²) in [5.74, 6) is 0.182. The van der Waals surface area contributed by atoms with Gasteiger partial charge in [0.1, 0.15) is 0 Å². The molecular formula is C15H18N2O2. The summed E-state index contributed by atoms with van der Waals surface area (Å²) in [5, 5.41) is 2.82. The monoisotopic (exact) mass is 258 g/mol. The van der Waals surface area contributed by atoms with Crippen LogP contribution in [0.25, 0.3) is 0 Å². The van der Waals surface area contributed by atoms with Gasteiger partial charge in [-0.25, -0.2) is 4.98 Å². The van der Waals surface area contributed by atoms with Gasteiger partial charge in [-0.2, -0.15) is 0 Å². The number of nitrogens with zero attached hydrogens (tertiary/aromatic N) is 1. The average Bonchev–Trinajstić information content (AvgIpc) is 2.89. The van der Waals surface area contributed by atoms with Gasteiger partial charge in [-0.1, -0.05) is 32.9 Å². The summed E-state index contributed by atoms with van der Waals surface area (Å²) in [6, 6.07) is 7.78. The summed E-state index contributed by atoms with van der Waals surface area (Å²) in [4.78, 5) is 16.2. The molecule has 1 aromatic heterocycles. The van der Waals surface area contributed by atoms with E-state index in [0.29, 0.717) is 5.69 Å². The van der Waals surface area contributed by atoms with Crippen LogP contribution in [0.2, 0.25) is 0 Å². The van der Waals surface area contributed by atoms with Crippen molar-refractivity contribution in [2.24, 2.45) is 0 Å². The van der Waals surface area contributed by atoms with Crippen LogP contribution in [0, 0.1) is 0 Å². The molecule has 0 aliphatic rings. The van der Waals surface area contributed by atoms with E-state index in [2.05, 4.69) is 17.2 Å². The third-order valence-corrected chi connectivity index (χ3v) is 2.97. The minimum Gasteiger partial charge on any atom is -0.438 e. The van der Waals surface area contributed by atoms with Crippen LogP contribution in [0.1, 0.15) is 48.5 Å². The highest BCUT2D eigenvalue weighted by atomic mass is 16.3. The number of anilines is 1. The van der Waals surface area contributed by atoms with Gasteiger partial charge in [-0.3, -0.25) is 4.79 Å². The average molecular weight is 258 g/mol. The molecule has 1 aromatic carbocycles. The quantitative estimate of drug-likeness (QED) is 0.911. The molecule has 19 heavy (non-hydrogen) atoms. The highest BCUT2D eigenvalue weighted by Crippen LogP contribution is 2.19. The van der Waals surface area contributed by atoms with E-state index in [1.54, 1.807) is 0 Å². The molecule has 4 heteroatoms. The number of amides is 1. The molecule has 2 rings (SSSR count). The summed E-state index contributed by atoms with van der Waals surface area (Å²) < 4.78 is 5.18. The second kappa shape index (κ2) is 5.69. The van der Waals surface area contributed by atoms with Crippen LogP contribution in [-0.4, -0.2) is 10.9 Å². The van der Waals surface area contributed by atoms with Crippen molar-refractivity contribution < 1.29 is 9.21 Å². The van der Waals surface area contributed by atoms with Crippen LogP contribution in [0.3, 0.4) is 0 Å². The standard InChI is InChI=1S/C15H18N2O2/c1-4-11-5-7-12(8-6-11)17-15(18)14-13(10(2)3)16-9-19-14/h5-10H,4H2,1-3H3,(H,17,18). The molecule has 100 valence electrons. The minimum absolute atomic E-state index is 0.155. The number of carbonyl (C=O) groups excluding carboxylic acids is 1. The summed E-state index contributed by atoms with van der Waals surface area (Å²) in [6.45, 7) is 6.05. The number of benzene rings is 1. The second-order valence-electron chi connectivity index (χ2n) is 4.73. The van der Waals surface area contributed by atoms with E-state index in [-0.39, 0.29) is 17.6 Å². The van der Waals surface area contributed by atoms with Gasteiger partial charge in [0.05, 0.1) is 5.69 Å². The van der Waals surface area contributed by atoms with Crippen molar-refractivity contribution in [3.05, 3.63) is 47.7 Å². The van der Waals surface area contributed by atoms with Gasteiger partial charge in [0.2, 0.25) is 5.76 Å². The van der Waals surface area contributed by atoms with E-state index in [1.165, 1.54) is 12.0 Å². The SMILES string of the molecule is CCc1ccc(NC(=O)c2ocnc2C(C)C)cc1. The first kappa shape index (κ1) is 13.3. The number of aromatic nitrogens is 1. The molecule has 0 spiro atoms. The summed E-state index contributed by atoms with van der Waals surface area (Å²) >= 11 is 0. The lowest BCUT2D eigenvalue weighted by atomic mass is 10.1. The number of aryl methyl sites for hydroxylation is 1. The lowest BCUT2D eigenvalue weighted by Gasteiger charge is -2.06. The molecule has 0 bridgehead atoms. The van der Waals surface area contributed by atoms with Crippen LogP contribution in [-0.2, 0) is 6.42 Å². The Bertz CT molecular complexity index is 556. The fourth-order valence-corrected chi connectivity index (χ4v) is 1.85. The van der Waals surface area contributed by atoms with E-state index in [1.807, 2.05) is 38.1 Å². The first-order valence-corrected chi connectivity index (χ1v) is 6.45. The Morgan fingerprint density at radius 1 is 1.32 bits per heavy atom. The summed E-state index contributed by atoms with van der Waals surface area (Å²) in [7, 11) is 0. The van der Waals surface area contributed by atoms with E-state index in [9.17, 15) is 4.79 Å². The zero-order valence-corrected chi connectivity index (χ0v) is 11.4. The molecule has 0 unspecified atom stereocenters. The summed E-state index contributed by atoms with van der Waals surface area (Å²) in [5.41, 5.74) is 2.68. The molecular weight excluding hydrogens is 240 g/mol. The van der Waals surface area contributed by atoms with E-state index >= 15 is 0 Å². The lowest BCUT2D eigenvalue weighted by molar-refractivity contribution is 0.0995. The van der Waals surface area contributed by atoms with Gasteiger partial charge in [0, 0.05) is 5.69 Å². The van der Waals surface area contributed by atoms with Gasteiger partial charge >= 0.3 is 0 Å². The van der Waals surface area contributed by atoms with Crippen molar-refractivity contribution in [2.45, 2.75) is 33.1 Å². The van der Waals surface area contributed by atoms with E-state index < -0.39 is 0 Å². The fraction of sp³-hybridized carbons (Fsp3) is 0.333. The van der Waals surface area contributed by atoms with E-state index in [4.69, 9.17) is 4.42 Å². The molecule has 0 radical (unpaired) electrons. The van der Waals surface area contributed by atoms with Crippen molar-refractivity contribution in [1.29, 1.82) is 0 Å². The predicted molar refractivity (Wildman–Crippen MR) is 74.4 cm³/mol. The third kappa shape index (κ3) is 3.02. The highest BCUT2D eigenvalue weighted by molar-refractivity contribution is 6.03. The van der Waals surface area contributed by atoms with Gasteiger partial charge in [0.25, 0.3) is 5.91 Å². The molecule has 0 aliphatic carbocycles. The molecule has 0 fully saturated rings. The van der Waals surface area contributed by atoms with Crippen molar-refractivity contribution in [1.82, 2.24) is 4.98 Å². The molecule has 0 aliphatic heterocycles. The van der Waals surface area contributed by atoms with Crippen molar-refractivity contribution in [3.63, 3.8) is 0 Å². The maximum Gasteiger partial charge on any atom is 0.293 e. The minimum atomic E-state index is -0.259. The Morgan fingerprint density at radius 2 is 2.00 bits per heavy atom. The molecule has 0 saturated heterocycles. The largest absolute Gasteiger partial charge is 0.438 e. The predicted octanol–water partition coefficient (Wildman–Crippen LogP) is 3.61. The maximum absolute atomic E-state index is 12.1. The number of carbonyl (C=O) groups is 1. The third-order valence-electron chi connectivity index (χ3n) is 2.97. The first-order chi connectivity index (χ1) is 9.11. The van der Waals surface area contributed by atoms with Crippen molar-refractivity contribution in [2.75, 3.05) is 5.32 Å². The fourth-order valence-electron chi connectivity index (χ4n) is 1.85. The van der Waals surface area contributed by atoms with Crippen LogP contribution in [0.4, 0.5) is 5.69 Å². The van der Waals surface area contributed by atoms with Crippen LogP contribution in [0.15, 0.2) is 35.1 Å². The molecule has 2 aromatic rings. The van der Waals surface area contributed by atoms with Crippen LogP contribution < -0.4 is 5.32 Å². The smallest absolute Gasteiger partial charge is 0.293 e. The molecule has 0 atom stereocenters. The molecule has 1 amide bonds. The van der Waals surface area contributed by atoms with Crippen LogP contribution in [0.5, 0.6) is 0 Å². The topological polar surface area (TPSA) is 55.1 Å². The van der Waals surface area contributed by atoms with Gasteiger partial charge in [-0.05, 0) is 30.0 Å². The number of rotatable bonds is 4. The van der Waals surface area contributed by atoms with E-state index in [0.717, 1.165) is 12.1 Å². The Balaban J connectivity index is 2.13. The maximum atomic E-state index is 12.1. The Kier molecular flexibility index (Phi) is 4.00. The number of oxazole rings is 1. The number of nitrogens with one attached hydrogen (secondary N) is 1. The highest BCUT2D eigenvalue weighted by Gasteiger charge is 2.19. The number of hydrogen-bond acceptors (Lipinski definition) is 3. The Labute approximate surface area is 112 Å². The zero-order chi connectivity index (χ0) is 13.8. The van der Waals surface area contributed by atoms with Crippen molar-refractivity contribution in [3.8, 4) is 0 Å². The summed E-state index contributed by atoms with van der Waals surface area (Å²) in [6.07, 6.45) is 2.29. The first-order valence-electron chi connectivity index (χ1n) is 6.45.